The minimum atomic E-state index is -1.50. The first-order valence-electron chi connectivity index (χ1n) is 4.67. The van der Waals surface area contributed by atoms with Crippen LogP contribution in [-0.2, 0) is 9.53 Å². The van der Waals surface area contributed by atoms with Gasteiger partial charge in [-0.1, -0.05) is 34.8 Å². The number of carbonyl (C=O) groups excluding carboxylic acids is 1. The van der Waals surface area contributed by atoms with Gasteiger partial charge in [0.2, 0.25) is 12.1 Å². The number of hydrogen-bond donors (Lipinski definition) is 2. The zero-order chi connectivity index (χ0) is 11.5. The molecule has 1 saturated heterocycles. The SMILES string of the molecule is CC(=O)N[C@@H]([NH+]1CCOCC1)C(Cl)(Cl)Cl. The molecule has 1 heterocycles. The molecule has 1 amide bonds. The molecule has 0 aromatic heterocycles. The first kappa shape index (κ1) is 13.3. The molecule has 15 heavy (non-hydrogen) atoms. The van der Waals surface area contributed by atoms with Crippen LogP contribution in [-0.4, -0.2) is 42.2 Å². The van der Waals surface area contributed by atoms with Crippen molar-refractivity contribution in [2.24, 2.45) is 0 Å². The summed E-state index contributed by atoms with van der Waals surface area (Å²) in [4.78, 5) is 12.0. The van der Waals surface area contributed by atoms with E-state index in [1.165, 1.54) is 6.92 Å². The van der Waals surface area contributed by atoms with Gasteiger partial charge in [0.25, 0.3) is 3.79 Å². The molecule has 0 spiro atoms. The van der Waals surface area contributed by atoms with Gasteiger partial charge in [-0.3, -0.25) is 4.79 Å². The van der Waals surface area contributed by atoms with Gasteiger partial charge in [-0.2, -0.15) is 0 Å². The highest BCUT2D eigenvalue weighted by molar-refractivity contribution is 6.68. The van der Waals surface area contributed by atoms with E-state index in [9.17, 15) is 4.79 Å². The molecule has 0 aliphatic carbocycles. The van der Waals surface area contributed by atoms with Crippen LogP contribution in [0, 0.1) is 0 Å². The van der Waals surface area contributed by atoms with Gasteiger partial charge >= 0.3 is 0 Å². The van der Waals surface area contributed by atoms with Crippen LogP contribution in [0.4, 0.5) is 0 Å². The Kier molecular flexibility index (Phi) is 4.93. The number of alkyl halides is 3. The van der Waals surface area contributed by atoms with E-state index >= 15 is 0 Å². The number of carbonyl (C=O) groups is 1. The van der Waals surface area contributed by atoms with Gasteiger partial charge in [-0.15, -0.1) is 0 Å². The lowest BCUT2D eigenvalue weighted by Gasteiger charge is -2.34. The highest BCUT2D eigenvalue weighted by atomic mass is 35.6. The molecule has 1 aliphatic rings. The van der Waals surface area contributed by atoms with Gasteiger partial charge in [0, 0.05) is 6.92 Å². The summed E-state index contributed by atoms with van der Waals surface area (Å²) < 4.78 is 3.70. The Morgan fingerprint density at radius 3 is 2.33 bits per heavy atom. The van der Waals surface area contributed by atoms with Gasteiger partial charge in [-0.25, -0.2) is 0 Å². The van der Waals surface area contributed by atoms with Crippen molar-refractivity contribution in [2.45, 2.75) is 16.9 Å². The second kappa shape index (κ2) is 5.55. The molecule has 1 fully saturated rings. The second-order valence-electron chi connectivity index (χ2n) is 3.45. The number of quaternary nitrogens is 1. The van der Waals surface area contributed by atoms with Crippen molar-refractivity contribution in [2.75, 3.05) is 26.3 Å². The number of nitrogens with one attached hydrogen (secondary N) is 2. The predicted octanol–water partition coefficient (Wildman–Crippen LogP) is -0.266. The first-order chi connectivity index (χ1) is 6.91. The van der Waals surface area contributed by atoms with Crippen LogP contribution in [0.1, 0.15) is 6.92 Å². The van der Waals surface area contributed by atoms with Crippen LogP contribution < -0.4 is 10.2 Å². The molecule has 0 unspecified atom stereocenters. The van der Waals surface area contributed by atoms with Crippen molar-refractivity contribution in [3.8, 4) is 0 Å². The number of ether oxygens (including phenoxy) is 1. The summed E-state index contributed by atoms with van der Waals surface area (Å²) in [7, 11) is 0. The van der Waals surface area contributed by atoms with E-state index in [1.54, 1.807) is 0 Å². The third-order valence-electron chi connectivity index (χ3n) is 2.22. The van der Waals surface area contributed by atoms with Gasteiger partial charge in [0.05, 0.1) is 13.2 Å². The second-order valence-corrected chi connectivity index (χ2v) is 5.81. The van der Waals surface area contributed by atoms with E-state index < -0.39 is 9.96 Å². The molecule has 1 rings (SSSR count). The number of rotatable bonds is 2. The molecule has 0 bridgehead atoms. The van der Waals surface area contributed by atoms with Gasteiger partial charge in [-0.05, 0) is 0 Å². The largest absolute Gasteiger partial charge is 0.370 e. The third kappa shape index (κ3) is 4.33. The minimum absolute atomic E-state index is 0.203. The zero-order valence-electron chi connectivity index (χ0n) is 8.36. The average Bonchev–Trinajstić information content (AvgIpc) is 2.14. The molecular weight excluding hydrogens is 262 g/mol. The van der Waals surface area contributed by atoms with Crippen LogP contribution in [0.3, 0.4) is 0 Å². The number of amides is 1. The van der Waals surface area contributed by atoms with Crippen LogP contribution in [0.2, 0.25) is 0 Å². The number of hydrogen-bond acceptors (Lipinski definition) is 2. The molecule has 0 aromatic rings. The summed E-state index contributed by atoms with van der Waals surface area (Å²) in [5.74, 6) is -0.203. The van der Waals surface area contributed by atoms with E-state index in [2.05, 4.69) is 5.32 Å². The smallest absolute Gasteiger partial charge is 0.262 e. The summed E-state index contributed by atoms with van der Waals surface area (Å²) >= 11 is 17.5. The van der Waals surface area contributed by atoms with Crippen LogP contribution in [0.15, 0.2) is 0 Å². The van der Waals surface area contributed by atoms with Crippen molar-refractivity contribution in [3.05, 3.63) is 0 Å². The first-order valence-corrected chi connectivity index (χ1v) is 5.81. The van der Waals surface area contributed by atoms with E-state index in [4.69, 9.17) is 39.5 Å². The van der Waals surface area contributed by atoms with Gasteiger partial charge in [0.15, 0.2) is 0 Å². The predicted molar refractivity (Wildman–Crippen MR) is 59.4 cm³/mol. The van der Waals surface area contributed by atoms with E-state index in [0.29, 0.717) is 13.2 Å². The molecule has 0 saturated carbocycles. The molecular formula is C8H14Cl3N2O2+. The third-order valence-corrected chi connectivity index (χ3v) is 2.87. The fraction of sp³-hybridized carbons (Fsp3) is 0.875. The number of morpholine rings is 1. The molecule has 7 heteroatoms. The van der Waals surface area contributed by atoms with Crippen molar-refractivity contribution in [1.29, 1.82) is 0 Å². The maximum atomic E-state index is 11.0. The number of halogens is 3. The Morgan fingerprint density at radius 2 is 1.93 bits per heavy atom. The monoisotopic (exact) mass is 275 g/mol. The standard InChI is InChI=1S/C8H13Cl3N2O2/c1-6(14)12-7(8(9,10)11)13-2-4-15-5-3-13/h7H,2-5H2,1H3,(H,12,14)/p+1/t7-/m0/s1. The molecule has 4 nitrogen and oxygen atoms in total. The average molecular weight is 277 g/mol. The molecule has 0 aromatic carbocycles. The maximum absolute atomic E-state index is 11.0. The summed E-state index contributed by atoms with van der Waals surface area (Å²) in [6, 6.07) is 0. The lowest BCUT2D eigenvalue weighted by molar-refractivity contribution is -0.934. The van der Waals surface area contributed by atoms with Gasteiger partial charge < -0.3 is 15.0 Å². The maximum Gasteiger partial charge on any atom is 0.262 e. The Hall–Kier alpha value is 0.260. The van der Waals surface area contributed by atoms with E-state index in [-0.39, 0.29) is 5.91 Å². The quantitative estimate of drug-likeness (QED) is 0.682. The summed E-state index contributed by atoms with van der Waals surface area (Å²) in [5.41, 5.74) is 0. The van der Waals surface area contributed by atoms with Gasteiger partial charge in [0.1, 0.15) is 13.1 Å². The van der Waals surface area contributed by atoms with Crippen molar-refractivity contribution < 1.29 is 14.4 Å². The molecule has 1 aliphatic heterocycles. The Morgan fingerprint density at radius 1 is 1.40 bits per heavy atom. The Bertz CT molecular complexity index is 226. The molecule has 2 N–H and O–H groups in total. The molecule has 88 valence electrons. The molecule has 0 radical (unpaired) electrons. The summed E-state index contributed by atoms with van der Waals surface area (Å²) in [6.07, 6.45) is -0.524. The lowest BCUT2D eigenvalue weighted by atomic mass is 10.3. The fourth-order valence-corrected chi connectivity index (χ4v) is 2.17. The normalized spacial score (nSPS) is 21.1. The van der Waals surface area contributed by atoms with E-state index in [0.717, 1.165) is 18.0 Å². The lowest BCUT2D eigenvalue weighted by Crippen LogP contribution is -3.21. The Labute approximate surface area is 104 Å². The van der Waals surface area contributed by atoms with Crippen molar-refractivity contribution in [3.63, 3.8) is 0 Å². The highest BCUT2D eigenvalue weighted by Crippen LogP contribution is 2.27. The van der Waals surface area contributed by atoms with E-state index in [1.807, 2.05) is 0 Å². The van der Waals surface area contributed by atoms with Crippen LogP contribution >= 0.6 is 34.8 Å². The zero-order valence-corrected chi connectivity index (χ0v) is 10.6. The topological polar surface area (TPSA) is 42.8 Å². The summed E-state index contributed by atoms with van der Waals surface area (Å²) in [5, 5.41) is 2.66. The van der Waals surface area contributed by atoms with Crippen LogP contribution in [0.25, 0.3) is 0 Å². The Balaban J connectivity index is 2.66. The van der Waals surface area contributed by atoms with Crippen molar-refractivity contribution in [1.82, 2.24) is 5.32 Å². The fourth-order valence-electron chi connectivity index (χ4n) is 1.54. The molecule has 1 atom stereocenters. The van der Waals surface area contributed by atoms with Crippen LogP contribution in [0.5, 0.6) is 0 Å². The van der Waals surface area contributed by atoms with Crippen molar-refractivity contribution >= 4 is 40.7 Å². The summed E-state index contributed by atoms with van der Waals surface area (Å²) in [6.45, 7) is 4.08. The minimum Gasteiger partial charge on any atom is -0.370 e. The highest BCUT2D eigenvalue weighted by Gasteiger charge is 2.42.